The van der Waals surface area contributed by atoms with Crippen LogP contribution in [0.25, 0.3) is 142 Å². The molecule has 6 heteroatoms. The number of hydrogen-bond donors (Lipinski definition) is 0. The van der Waals surface area contributed by atoms with Gasteiger partial charge in [-0.2, -0.15) is 0 Å². The van der Waals surface area contributed by atoms with Crippen LogP contribution in [0.2, 0.25) is 0 Å². The fourth-order valence-corrected chi connectivity index (χ4v) is 12.4. The van der Waals surface area contributed by atoms with Crippen LogP contribution in [0, 0.1) is 0 Å². The summed E-state index contributed by atoms with van der Waals surface area (Å²) < 4.78 is 7.29. The quantitative estimate of drug-likeness (QED) is 0.167. The summed E-state index contributed by atoms with van der Waals surface area (Å²) in [4.78, 5) is 16.2. The molecule has 0 aliphatic heterocycles. The minimum Gasteiger partial charge on any atom is -0.309 e. The molecular formula is C65H39N5S. The van der Waals surface area contributed by atoms with Crippen molar-refractivity contribution >= 4 is 96.7 Å². The standard InChI is InChI=1S/C65H39N5S/c1-3-17-41(18-4-1)63-66-64(44-31-33-50-48-24-11-13-27-56(48)69(58(50)38-44)45-21-5-2-6-22-45)68-65(67-63)52-35-32-46(70-57-28-14-12-25-49(57)55-36-42-19-7-8-20-43(42)37-59(55)70)39-54(52)51-26-15-29-60-61(51)53-34-30-40-16-9-10-23-47(40)62(53)71-60/h1-39H. The van der Waals surface area contributed by atoms with E-state index in [4.69, 9.17) is 15.0 Å². The van der Waals surface area contributed by atoms with Crippen molar-refractivity contribution in [2.45, 2.75) is 0 Å². The second-order valence-electron chi connectivity index (χ2n) is 18.3. The molecule has 71 heavy (non-hydrogen) atoms. The first kappa shape index (κ1) is 39.7. The van der Waals surface area contributed by atoms with Gasteiger partial charge in [0.2, 0.25) is 0 Å². The molecule has 0 aliphatic carbocycles. The molecule has 0 fully saturated rings. The second kappa shape index (κ2) is 15.7. The molecule has 5 nitrogen and oxygen atoms in total. The highest BCUT2D eigenvalue weighted by Gasteiger charge is 2.23. The van der Waals surface area contributed by atoms with Gasteiger partial charge in [-0.3, -0.25) is 0 Å². The monoisotopic (exact) mass is 921 g/mol. The summed E-state index contributed by atoms with van der Waals surface area (Å²) >= 11 is 1.86. The van der Waals surface area contributed by atoms with Crippen molar-refractivity contribution in [3.05, 3.63) is 237 Å². The minimum absolute atomic E-state index is 0.606. The van der Waals surface area contributed by atoms with Gasteiger partial charge in [0.25, 0.3) is 0 Å². The molecule has 4 heterocycles. The molecule has 15 aromatic rings. The van der Waals surface area contributed by atoms with Gasteiger partial charge in [0, 0.05) is 69.8 Å². The van der Waals surface area contributed by atoms with E-state index in [1.54, 1.807) is 0 Å². The predicted octanol–water partition coefficient (Wildman–Crippen LogP) is 17.4. The number of nitrogens with zero attached hydrogens (tertiary/aromatic N) is 5. The third-order valence-corrected chi connectivity index (χ3v) is 15.5. The lowest BCUT2D eigenvalue weighted by atomic mass is 9.93. The third kappa shape index (κ3) is 6.22. The number of hydrogen-bond acceptors (Lipinski definition) is 4. The zero-order valence-electron chi connectivity index (χ0n) is 38.2. The number of rotatable bonds is 6. The van der Waals surface area contributed by atoms with Gasteiger partial charge < -0.3 is 9.13 Å². The highest BCUT2D eigenvalue weighted by molar-refractivity contribution is 7.26. The van der Waals surface area contributed by atoms with Crippen LogP contribution in [0.3, 0.4) is 0 Å². The minimum atomic E-state index is 0.606. The molecule has 0 aliphatic rings. The van der Waals surface area contributed by atoms with E-state index in [0.717, 1.165) is 61.3 Å². The molecule has 0 saturated carbocycles. The molecule has 0 N–H and O–H groups in total. The fourth-order valence-electron chi connectivity index (χ4n) is 11.1. The van der Waals surface area contributed by atoms with Gasteiger partial charge in [-0.25, -0.2) is 15.0 Å². The number of thiophene rings is 1. The van der Waals surface area contributed by atoms with Crippen LogP contribution in [0.1, 0.15) is 0 Å². The molecule has 0 radical (unpaired) electrons. The molecule has 11 aromatic carbocycles. The summed E-state index contributed by atoms with van der Waals surface area (Å²) in [6.07, 6.45) is 0. The Morgan fingerprint density at radius 2 is 0.887 bits per heavy atom. The predicted molar refractivity (Wildman–Crippen MR) is 298 cm³/mol. The van der Waals surface area contributed by atoms with E-state index < -0.39 is 0 Å². The van der Waals surface area contributed by atoms with E-state index in [1.165, 1.54) is 63.3 Å². The average Bonchev–Trinajstić information content (AvgIpc) is 4.10. The summed E-state index contributed by atoms with van der Waals surface area (Å²) in [6, 6.07) is 85.1. The summed E-state index contributed by atoms with van der Waals surface area (Å²) in [7, 11) is 0. The van der Waals surface area contributed by atoms with Crippen LogP contribution in [0.5, 0.6) is 0 Å². The Morgan fingerprint density at radius 1 is 0.296 bits per heavy atom. The molecule has 0 amide bonds. The van der Waals surface area contributed by atoms with Crippen molar-refractivity contribution in [2.24, 2.45) is 0 Å². The van der Waals surface area contributed by atoms with E-state index in [0.29, 0.717) is 17.5 Å². The number of aromatic nitrogens is 5. The first-order chi connectivity index (χ1) is 35.2. The molecule has 4 aromatic heterocycles. The first-order valence-electron chi connectivity index (χ1n) is 24.0. The van der Waals surface area contributed by atoms with Crippen LogP contribution < -0.4 is 0 Å². The molecule has 0 spiro atoms. The largest absolute Gasteiger partial charge is 0.309 e. The molecule has 15 rings (SSSR count). The number of fused-ring (bicyclic) bond motifs is 12. The van der Waals surface area contributed by atoms with Crippen LogP contribution >= 0.6 is 11.3 Å². The van der Waals surface area contributed by atoms with Crippen LogP contribution in [0.15, 0.2) is 237 Å². The maximum absolute atomic E-state index is 5.51. The smallest absolute Gasteiger partial charge is 0.164 e. The maximum Gasteiger partial charge on any atom is 0.164 e. The van der Waals surface area contributed by atoms with Crippen LogP contribution in [-0.2, 0) is 0 Å². The van der Waals surface area contributed by atoms with Crippen molar-refractivity contribution in [3.8, 4) is 56.7 Å². The van der Waals surface area contributed by atoms with Gasteiger partial charge in [0.15, 0.2) is 17.5 Å². The van der Waals surface area contributed by atoms with Gasteiger partial charge in [0.05, 0.1) is 22.1 Å². The lowest BCUT2D eigenvalue weighted by Crippen LogP contribution is -2.02. The van der Waals surface area contributed by atoms with Gasteiger partial charge in [-0.15, -0.1) is 11.3 Å². The van der Waals surface area contributed by atoms with Crippen molar-refractivity contribution in [1.29, 1.82) is 0 Å². The Kier molecular flexibility index (Phi) is 8.76. The Labute approximate surface area is 411 Å². The molecule has 330 valence electrons. The zero-order valence-corrected chi connectivity index (χ0v) is 39.0. The van der Waals surface area contributed by atoms with E-state index in [1.807, 2.05) is 29.5 Å². The van der Waals surface area contributed by atoms with Crippen LogP contribution in [0.4, 0.5) is 0 Å². The normalized spacial score (nSPS) is 11.9. The van der Waals surface area contributed by atoms with Crippen molar-refractivity contribution in [1.82, 2.24) is 24.1 Å². The Bertz CT molecular complexity index is 4640. The summed E-state index contributed by atoms with van der Waals surface area (Å²) in [6.45, 7) is 0. The molecular weight excluding hydrogens is 883 g/mol. The Hall–Kier alpha value is -9.23. The molecule has 0 saturated heterocycles. The van der Waals surface area contributed by atoms with Crippen LogP contribution in [-0.4, -0.2) is 24.1 Å². The third-order valence-electron chi connectivity index (χ3n) is 14.3. The highest BCUT2D eigenvalue weighted by atomic mass is 32.1. The fraction of sp³-hybridized carbons (Fsp3) is 0. The molecule has 0 bridgehead atoms. The maximum atomic E-state index is 5.51. The first-order valence-corrected chi connectivity index (χ1v) is 24.8. The summed E-state index contributed by atoms with van der Waals surface area (Å²) in [5, 5.41) is 12.2. The molecule has 0 unspecified atom stereocenters. The lowest BCUT2D eigenvalue weighted by molar-refractivity contribution is 1.07. The number of benzene rings is 11. The highest BCUT2D eigenvalue weighted by Crippen LogP contribution is 2.46. The lowest BCUT2D eigenvalue weighted by Gasteiger charge is -2.16. The van der Waals surface area contributed by atoms with Gasteiger partial charge in [-0.05, 0) is 99.4 Å². The summed E-state index contributed by atoms with van der Waals surface area (Å²) in [5.41, 5.74) is 11.6. The Balaban J connectivity index is 1.02. The Morgan fingerprint density at radius 3 is 1.68 bits per heavy atom. The SMILES string of the molecule is c1ccc(-c2nc(-c3ccc4c5ccccc5n(-c5ccccc5)c4c3)nc(-c3ccc(-n4c5ccccc5c5cc6ccccc6cc54)cc3-c3cccc4sc5c6ccccc6ccc5c34)n2)cc1. The average molecular weight is 922 g/mol. The topological polar surface area (TPSA) is 48.5 Å². The van der Waals surface area contributed by atoms with Crippen molar-refractivity contribution in [3.63, 3.8) is 0 Å². The van der Waals surface area contributed by atoms with E-state index >= 15 is 0 Å². The van der Waals surface area contributed by atoms with Gasteiger partial charge >= 0.3 is 0 Å². The number of para-hydroxylation sites is 3. The zero-order chi connectivity index (χ0) is 46.6. The van der Waals surface area contributed by atoms with Crippen molar-refractivity contribution < 1.29 is 0 Å². The van der Waals surface area contributed by atoms with Crippen molar-refractivity contribution in [2.75, 3.05) is 0 Å². The van der Waals surface area contributed by atoms with E-state index in [9.17, 15) is 0 Å². The van der Waals surface area contributed by atoms with E-state index in [2.05, 4.69) is 228 Å². The van der Waals surface area contributed by atoms with Gasteiger partial charge in [-0.1, -0.05) is 170 Å². The summed E-state index contributed by atoms with van der Waals surface area (Å²) in [5.74, 6) is 1.83. The van der Waals surface area contributed by atoms with E-state index in [-0.39, 0.29) is 0 Å². The molecule has 0 atom stereocenters. The van der Waals surface area contributed by atoms with Gasteiger partial charge in [0.1, 0.15) is 0 Å². The second-order valence-corrected chi connectivity index (χ2v) is 19.4.